The first kappa shape index (κ1) is 19.1. The molecule has 6 nitrogen and oxygen atoms in total. The molecule has 0 bridgehead atoms. The topological polar surface area (TPSA) is 66.5 Å². The van der Waals surface area contributed by atoms with Gasteiger partial charge in [-0.3, -0.25) is 4.98 Å². The lowest BCUT2D eigenvalue weighted by Crippen LogP contribution is -2.46. The van der Waals surface area contributed by atoms with E-state index in [-0.39, 0.29) is 12.1 Å². The van der Waals surface area contributed by atoms with Gasteiger partial charge in [-0.25, -0.2) is 4.79 Å². The van der Waals surface area contributed by atoms with Gasteiger partial charge >= 0.3 is 6.03 Å². The fourth-order valence-electron chi connectivity index (χ4n) is 3.99. The standard InChI is InChI=1S/C23H26N4O2/c1-16-15-24-21-19(9-6-10-20(21)29-2)22(16)27-13-11-18(12-14-27)26-23(28)25-17-7-4-3-5-8-17/h3-10,15,18H,11-14H2,1-2H3,(H2,25,26,28). The van der Waals surface area contributed by atoms with Crippen LogP contribution in [0.1, 0.15) is 18.4 Å². The number of anilines is 2. The number of rotatable bonds is 4. The Morgan fingerprint density at radius 2 is 1.86 bits per heavy atom. The molecular weight excluding hydrogens is 364 g/mol. The van der Waals surface area contributed by atoms with Gasteiger partial charge in [0.05, 0.1) is 12.8 Å². The van der Waals surface area contributed by atoms with Crippen molar-refractivity contribution in [3.8, 4) is 5.75 Å². The summed E-state index contributed by atoms with van der Waals surface area (Å²) in [6, 6.07) is 15.6. The number of ether oxygens (including phenoxy) is 1. The molecule has 0 radical (unpaired) electrons. The Bertz CT molecular complexity index is 998. The number of amides is 2. The van der Waals surface area contributed by atoms with Crippen molar-refractivity contribution in [1.29, 1.82) is 0 Å². The number of para-hydroxylation sites is 2. The lowest BCUT2D eigenvalue weighted by molar-refractivity contribution is 0.246. The van der Waals surface area contributed by atoms with Gasteiger partial charge in [0.1, 0.15) is 11.3 Å². The fraction of sp³-hybridized carbons (Fsp3) is 0.304. The third kappa shape index (κ3) is 4.11. The Balaban J connectivity index is 1.43. The van der Waals surface area contributed by atoms with E-state index < -0.39 is 0 Å². The summed E-state index contributed by atoms with van der Waals surface area (Å²) in [4.78, 5) is 19.3. The van der Waals surface area contributed by atoms with E-state index in [0.717, 1.165) is 53.8 Å². The van der Waals surface area contributed by atoms with Crippen LogP contribution >= 0.6 is 0 Å². The van der Waals surface area contributed by atoms with Gasteiger partial charge in [0.25, 0.3) is 0 Å². The molecule has 0 unspecified atom stereocenters. The number of piperidine rings is 1. The minimum Gasteiger partial charge on any atom is -0.494 e. The molecule has 0 spiro atoms. The van der Waals surface area contributed by atoms with Crippen molar-refractivity contribution in [3.05, 3.63) is 60.3 Å². The molecule has 1 aliphatic rings. The zero-order valence-electron chi connectivity index (χ0n) is 16.8. The molecule has 0 saturated carbocycles. The second-order valence-electron chi connectivity index (χ2n) is 7.37. The number of nitrogens with zero attached hydrogens (tertiary/aromatic N) is 2. The number of methoxy groups -OCH3 is 1. The van der Waals surface area contributed by atoms with Crippen LogP contribution in [-0.4, -0.2) is 37.3 Å². The highest BCUT2D eigenvalue weighted by molar-refractivity contribution is 5.96. The molecule has 2 heterocycles. The summed E-state index contributed by atoms with van der Waals surface area (Å²) >= 11 is 0. The number of pyridine rings is 1. The van der Waals surface area contributed by atoms with E-state index in [1.54, 1.807) is 7.11 Å². The molecular formula is C23H26N4O2. The molecule has 0 aliphatic carbocycles. The van der Waals surface area contributed by atoms with Crippen molar-refractivity contribution in [2.24, 2.45) is 0 Å². The number of benzene rings is 2. The van der Waals surface area contributed by atoms with Crippen molar-refractivity contribution in [1.82, 2.24) is 10.3 Å². The first-order chi connectivity index (χ1) is 14.2. The minimum atomic E-state index is -0.148. The summed E-state index contributed by atoms with van der Waals surface area (Å²) in [6.07, 6.45) is 3.71. The molecule has 0 atom stereocenters. The van der Waals surface area contributed by atoms with Crippen molar-refractivity contribution in [2.75, 3.05) is 30.4 Å². The zero-order valence-corrected chi connectivity index (χ0v) is 16.8. The van der Waals surface area contributed by atoms with E-state index >= 15 is 0 Å². The van der Waals surface area contributed by atoms with E-state index in [1.807, 2.05) is 48.7 Å². The molecule has 1 aromatic heterocycles. The van der Waals surface area contributed by atoms with Crippen molar-refractivity contribution in [3.63, 3.8) is 0 Å². The van der Waals surface area contributed by atoms with Gasteiger partial charge in [0.2, 0.25) is 0 Å². The molecule has 6 heteroatoms. The average Bonchev–Trinajstić information content (AvgIpc) is 2.74. The molecule has 150 valence electrons. The maximum Gasteiger partial charge on any atom is 0.319 e. The first-order valence-corrected chi connectivity index (χ1v) is 9.95. The highest BCUT2D eigenvalue weighted by atomic mass is 16.5. The Labute approximate surface area is 170 Å². The van der Waals surface area contributed by atoms with Crippen LogP contribution in [0.4, 0.5) is 16.2 Å². The Hall–Kier alpha value is -3.28. The molecule has 3 aromatic rings. The number of aryl methyl sites for hydroxylation is 1. The van der Waals surface area contributed by atoms with Crippen LogP contribution in [0, 0.1) is 6.92 Å². The largest absolute Gasteiger partial charge is 0.494 e. The molecule has 1 fully saturated rings. The van der Waals surface area contributed by atoms with Crippen LogP contribution in [0.2, 0.25) is 0 Å². The van der Waals surface area contributed by atoms with Gasteiger partial charge < -0.3 is 20.3 Å². The van der Waals surface area contributed by atoms with Crippen LogP contribution in [0.3, 0.4) is 0 Å². The second kappa shape index (κ2) is 8.39. The number of nitrogens with one attached hydrogen (secondary N) is 2. The lowest BCUT2D eigenvalue weighted by atomic mass is 10.0. The van der Waals surface area contributed by atoms with Crippen LogP contribution < -0.4 is 20.3 Å². The predicted octanol–water partition coefficient (Wildman–Crippen LogP) is 4.34. The molecule has 2 N–H and O–H groups in total. The van der Waals surface area contributed by atoms with E-state index in [2.05, 4.69) is 33.5 Å². The summed E-state index contributed by atoms with van der Waals surface area (Å²) in [5.74, 6) is 0.790. The maximum atomic E-state index is 12.3. The molecule has 1 saturated heterocycles. The van der Waals surface area contributed by atoms with Gasteiger partial charge in [-0.2, -0.15) is 0 Å². The number of hydrogen-bond donors (Lipinski definition) is 2. The Morgan fingerprint density at radius 1 is 1.10 bits per heavy atom. The zero-order chi connectivity index (χ0) is 20.2. The molecule has 1 aliphatic heterocycles. The van der Waals surface area contributed by atoms with Crippen LogP contribution in [0.5, 0.6) is 5.75 Å². The highest BCUT2D eigenvalue weighted by Crippen LogP contribution is 2.34. The van der Waals surface area contributed by atoms with Crippen molar-refractivity contribution in [2.45, 2.75) is 25.8 Å². The van der Waals surface area contributed by atoms with Crippen LogP contribution in [0.25, 0.3) is 10.9 Å². The third-order valence-corrected chi connectivity index (χ3v) is 5.41. The molecule has 2 aromatic carbocycles. The van der Waals surface area contributed by atoms with E-state index in [1.165, 1.54) is 5.69 Å². The third-order valence-electron chi connectivity index (χ3n) is 5.41. The van der Waals surface area contributed by atoms with E-state index in [0.29, 0.717) is 0 Å². The van der Waals surface area contributed by atoms with E-state index in [9.17, 15) is 4.79 Å². The summed E-state index contributed by atoms with van der Waals surface area (Å²) < 4.78 is 5.48. The molecule has 29 heavy (non-hydrogen) atoms. The van der Waals surface area contributed by atoms with Gasteiger partial charge in [0.15, 0.2) is 0 Å². The first-order valence-electron chi connectivity index (χ1n) is 9.95. The number of aromatic nitrogens is 1. The quantitative estimate of drug-likeness (QED) is 0.695. The summed E-state index contributed by atoms with van der Waals surface area (Å²) in [6.45, 7) is 3.86. The second-order valence-corrected chi connectivity index (χ2v) is 7.37. The average molecular weight is 390 g/mol. The molecule has 4 rings (SSSR count). The monoisotopic (exact) mass is 390 g/mol. The predicted molar refractivity (Wildman–Crippen MR) is 117 cm³/mol. The summed E-state index contributed by atoms with van der Waals surface area (Å²) in [7, 11) is 1.67. The number of urea groups is 1. The van der Waals surface area contributed by atoms with Crippen LogP contribution in [0.15, 0.2) is 54.7 Å². The van der Waals surface area contributed by atoms with Crippen LogP contribution in [-0.2, 0) is 0 Å². The maximum absolute atomic E-state index is 12.3. The fourth-order valence-corrected chi connectivity index (χ4v) is 3.99. The number of carbonyl (C=O) groups excluding carboxylic acids is 1. The number of hydrogen-bond acceptors (Lipinski definition) is 4. The SMILES string of the molecule is COc1cccc2c(N3CCC(NC(=O)Nc4ccccc4)CC3)c(C)cnc12. The smallest absolute Gasteiger partial charge is 0.319 e. The van der Waals surface area contributed by atoms with Gasteiger partial charge in [-0.05, 0) is 43.5 Å². The van der Waals surface area contributed by atoms with Gasteiger partial charge in [0, 0.05) is 36.4 Å². The Morgan fingerprint density at radius 3 is 2.59 bits per heavy atom. The normalized spacial score (nSPS) is 14.6. The van der Waals surface area contributed by atoms with Crippen molar-refractivity contribution < 1.29 is 9.53 Å². The summed E-state index contributed by atoms with van der Waals surface area (Å²) in [5.41, 5.74) is 4.05. The number of fused-ring (bicyclic) bond motifs is 1. The van der Waals surface area contributed by atoms with Gasteiger partial charge in [-0.1, -0.05) is 30.3 Å². The van der Waals surface area contributed by atoms with E-state index in [4.69, 9.17) is 4.74 Å². The lowest BCUT2D eigenvalue weighted by Gasteiger charge is -2.35. The minimum absolute atomic E-state index is 0.148. The number of carbonyl (C=O) groups is 1. The molecule has 2 amide bonds. The summed E-state index contributed by atoms with van der Waals surface area (Å²) in [5, 5.41) is 7.10. The van der Waals surface area contributed by atoms with Crippen molar-refractivity contribution >= 4 is 28.3 Å². The highest BCUT2D eigenvalue weighted by Gasteiger charge is 2.23. The van der Waals surface area contributed by atoms with Gasteiger partial charge in [-0.15, -0.1) is 0 Å². The Kier molecular flexibility index (Phi) is 5.51.